The topological polar surface area (TPSA) is 144 Å². The van der Waals surface area contributed by atoms with Crippen LogP contribution < -0.4 is 20.3 Å². The Hall–Kier alpha value is -4.49. The molecule has 0 aromatic heterocycles. The number of anilines is 1. The maximum atomic E-state index is 14.3. The number of likely N-dealkylation sites (tertiary alicyclic amines) is 1. The molecule has 1 unspecified atom stereocenters. The van der Waals surface area contributed by atoms with E-state index in [0.717, 1.165) is 40.8 Å². The van der Waals surface area contributed by atoms with Crippen molar-refractivity contribution < 1.29 is 34.2 Å². The molecule has 2 aliphatic heterocycles. The van der Waals surface area contributed by atoms with Gasteiger partial charge in [0.05, 0.1) is 26.4 Å². The number of ether oxygens (including phenoxy) is 1. The standard InChI is InChI=1S/C46H61N5O7/c1-27-36-22-33(46(36,3)4)23-37(27)48-44(55)41-40(28(2)53)39(26-52)58-51(41)25-30-15-11-16-35(42(30)57-7)31-19-32(21-34(20-31)49(5)6)45(56)50-18-12-17-38(50)43(54)47-24-29-13-9-8-10-14-29/h8-11,13-16,19-21,27-28,33,36-41,52-53H,12,17-18,22-26H2,1-7H3,(H,47,54)(H,48,55)/t27-,28-,33?,36-,37-,38-,39-,40-,41-/m0/s1. The number of carbonyl (C=O) groups is 3. The second-order valence-electron chi connectivity index (χ2n) is 17.8. The molecule has 8 rings (SSSR count). The number of amides is 3. The van der Waals surface area contributed by atoms with Gasteiger partial charge in [0, 0.05) is 61.5 Å². The number of carbonyl (C=O) groups excluding carboxylic acids is 3. The Labute approximate surface area is 342 Å². The molecule has 312 valence electrons. The third kappa shape index (κ3) is 7.96. The van der Waals surface area contributed by atoms with E-state index in [0.29, 0.717) is 48.6 Å². The highest BCUT2D eigenvalue weighted by atomic mass is 16.7. The molecule has 2 heterocycles. The number of para-hydroxylation sites is 1. The summed E-state index contributed by atoms with van der Waals surface area (Å²) in [5, 5.41) is 29.3. The van der Waals surface area contributed by atoms with Crippen LogP contribution in [0.3, 0.4) is 0 Å². The maximum absolute atomic E-state index is 14.3. The van der Waals surface area contributed by atoms with Gasteiger partial charge in [-0.2, -0.15) is 5.06 Å². The van der Waals surface area contributed by atoms with Crippen LogP contribution in [0.1, 0.15) is 74.9 Å². The van der Waals surface area contributed by atoms with Gasteiger partial charge >= 0.3 is 0 Å². The van der Waals surface area contributed by atoms with Crippen LogP contribution >= 0.6 is 0 Å². The normalized spacial score (nSPS) is 28.1. The van der Waals surface area contributed by atoms with Gasteiger partial charge in [0.15, 0.2) is 0 Å². The number of hydroxylamine groups is 2. The summed E-state index contributed by atoms with van der Waals surface area (Å²) in [5.41, 5.74) is 4.74. The number of nitrogens with one attached hydrogen (secondary N) is 2. The SMILES string of the molecule is COc1c(CN2O[C@@H](CO)[C@H]([C@H](C)O)[C@H]2C(=O)N[C@H]2CC3C[C@@H]([C@@H]2C)C3(C)C)cccc1-c1cc(C(=O)N2CCC[C@H]2C(=O)NCc2ccccc2)cc(N(C)C)c1. The third-order valence-corrected chi connectivity index (χ3v) is 13.8. The first-order valence-corrected chi connectivity index (χ1v) is 20.9. The predicted octanol–water partition coefficient (Wildman–Crippen LogP) is 5.01. The minimum Gasteiger partial charge on any atom is -0.496 e. The van der Waals surface area contributed by atoms with Gasteiger partial charge in [-0.15, -0.1) is 0 Å². The van der Waals surface area contributed by atoms with Crippen LogP contribution in [0, 0.1) is 29.1 Å². The van der Waals surface area contributed by atoms with Gasteiger partial charge in [-0.05, 0) is 85.1 Å². The summed E-state index contributed by atoms with van der Waals surface area (Å²) in [4.78, 5) is 51.9. The number of fused-ring (bicyclic) bond motifs is 2. The van der Waals surface area contributed by atoms with Crippen molar-refractivity contribution in [2.75, 3.05) is 39.3 Å². The lowest BCUT2D eigenvalue weighted by molar-refractivity contribution is -0.183. The van der Waals surface area contributed by atoms with Crippen LogP contribution in [0.5, 0.6) is 5.75 Å². The summed E-state index contributed by atoms with van der Waals surface area (Å²) in [7, 11) is 5.43. The van der Waals surface area contributed by atoms with Crippen molar-refractivity contribution in [3.05, 3.63) is 83.4 Å². The van der Waals surface area contributed by atoms with Gasteiger partial charge in [-0.25, -0.2) is 0 Å². The molecule has 12 nitrogen and oxygen atoms in total. The van der Waals surface area contributed by atoms with Gasteiger partial charge in [-0.1, -0.05) is 69.3 Å². The van der Waals surface area contributed by atoms with E-state index in [9.17, 15) is 24.6 Å². The van der Waals surface area contributed by atoms with Crippen LogP contribution in [0.25, 0.3) is 11.1 Å². The Kier molecular flexibility index (Phi) is 12.2. The first kappa shape index (κ1) is 41.7. The van der Waals surface area contributed by atoms with E-state index < -0.39 is 30.2 Å². The van der Waals surface area contributed by atoms with E-state index in [1.807, 2.05) is 85.7 Å². The Morgan fingerprint density at radius 3 is 2.45 bits per heavy atom. The molecule has 2 saturated heterocycles. The largest absolute Gasteiger partial charge is 0.496 e. The summed E-state index contributed by atoms with van der Waals surface area (Å²) in [6, 6.07) is 19.8. The predicted molar refractivity (Wildman–Crippen MR) is 223 cm³/mol. The maximum Gasteiger partial charge on any atom is 0.254 e. The molecule has 3 amide bonds. The number of aliphatic hydroxyl groups excluding tert-OH is 2. The average Bonchev–Trinajstić information content (AvgIpc) is 3.86. The zero-order chi connectivity index (χ0) is 41.5. The fourth-order valence-electron chi connectivity index (χ4n) is 10.3. The Morgan fingerprint density at radius 2 is 1.79 bits per heavy atom. The zero-order valence-corrected chi connectivity index (χ0v) is 35.0. The van der Waals surface area contributed by atoms with Crippen LogP contribution in [-0.4, -0.2) is 103 Å². The van der Waals surface area contributed by atoms with Crippen molar-refractivity contribution in [2.24, 2.45) is 29.1 Å². The molecular weight excluding hydrogens is 735 g/mol. The van der Waals surface area contributed by atoms with Crippen LogP contribution in [0.2, 0.25) is 0 Å². The highest BCUT2D eigenvalue weighted by molar-refractivity contribution is 6.00. The van der Waals surface area contributed by atoms with Gasteiger partial charge in [0.25, 0.3) is 5.91 Å². The molecule has 3 aromatic carbocycles. The van der Waals surface area contributed by atoms with Gasteiger partial charge in [-0.3, -0.25) is 19.2 Å². The first-order chi connectivity index (χ1) is 27.7. The van der Waals surface area contributed by atoms with Gasteiger partial charge < -0.3 is 35.4 Å². The van der Waals surface area contributed by atoms with Crippen LogP contribution in [0.15, 0.2) is 66.7 Å². The van der Waals surface area contributed by atoms with E-state index >= 15 is 0 Å². The number of rotatable bonds is 13. The van der Waals surface area contributed by atoms with Crippen molar-refractivity contribution in [3.63, 3.8) is 0 Å². The van der Waals surface area contributed by atoms with Crippen molar-refractivity contribution >= 4 is 23.4 Å². The molecule has 58 heavy (non-hydrogen) atoms. The lowest BCUT2D eigenvalue weighted by Crippen LogP contribution is -2.62. The van der Waals surface area contributed by atoms with Crippen LogP contribution in [-0.2, 0) is 27.5 Å². The number of nitrogens with zero attached hydrogens (tertiary/aromatic N) is 3. The smallest absolute Gasteiger partial charge is 0.254 e. The van der Waals surface area contributed by atoms with Crippen molar-refractivity contribution in [3.8, 4) is 16.9 Å². The fraction of sp³-hybridized carbons (Fsp3) is 0.543. The molecule has 0 spiro atoms. The third-order valence-electron chi connectivity index (χ3n) is 13.8. The van der Waals surface area contributed by atoms with E-state index in [1.54, 1.807) is 24.0 Å². The summed E-state index contributed by atoms with van der Waals surface area (Å²) < 4.78 is 6.11. The Balaban J connectivity index is 1.15. The highest BCUT2D eigenvalue weighted by Crippen LogP contribution is 2.61. The molecule has 0 radical (unpaired) electrons. The molecule has 2 bridgehead atoms. The first-order valence-electron chi connectivity index (χ1n) is 20.9. The van der Waals surface area contributed by atoms with Crippen LogP contribution in [0.4, 0.5) is 5.69 Å². The highest BCUT2D eigenvalue weighted by Gasteiger charge is 2.57. The molecule has 9 atom stereocenters. The molecule has 4 N–H and O–H groups in total. The lowest BCUT2D eigenvalue weighted by atomic mass is 9.45. The molecule has 3 aromatic rings. The van der Waals surface area contributed by atoms with E-state index in [1.165, 1.54) is 6.42 Å². The second kappa shape index (κ2) is 17.0. The average molecular weight is 796 g/mol. The van der Waals surface area contributed by atoms with Gasteiger partial charge in [0.2, 0.25) is 11.8 Å². The number of hydrogen-bond acceptors (Lipinski definition) is 9. The lowest BCUT2D eigenvalue weighted by Gasteiger charge is -2.62. The Bertz CT molecular complexity index is 1970. The monoisotopic (exact) mass is 795 g/mol. The molecule has 3 saturated carbocycles. The molecule has 12 heteroatoms. The molecule has 5 fully saturated rings. The number of aliphatic hydroxyl groups is 2. The van der Waals surface area contributed by atoms with Crippen molar-refractivity contribution in [1.29, 1.82) is 0 Å². The van der Waals surface area contributed by atoms with E-state index in [4.69, 9.17) is 9.57 Å². The molecule has 5 aliphatic rings. The summed E-state index contributed by atoms with van der Waals surface area (Å²) in [6.07, 6.45) is 1.73. The van der Waals surface area contributed by atoms with E-state index in [2.05, 4.69) is 31.4 Å². The molecule has 3 aliphatic carbocycles. The number of benzene rings is 3. The fourth-order valence-corrected chi connectivity index (χ4v) is 10.3. The van der Waals surface area contributed by atoms with E-state index in [-0.39, 0.29) is 42.3 Å². The quantitative estimate of drug-likeness (QED) is 0.188. The summed E-state index contributed by atoms with van der Waals surface area (Å²) >= 11 is 0. The Morgan fingerprint density at radius 1 is 1.03 bits per heavy atom. The number of hydrogen-bond donors (Lipinski definition) is 4. The van der Waals surface area contributed by atoms with Crippen molar-refractivity contribution in [1.82, 2.24) is 20.6 Å². The minimum atomic E-state index is -0.919. The summed E-state index contributed by atoms with van der Waals surface area (Å²) in [5.74, 6) is 0.695. The van der Waals surface area contributed by atoms with Gasteiger partial charge in [0.1, 0.15) is 23.9 Å². The number of methoxy groups -OCH3 is 1. The minimum absolute atomic E-state index is 0.0206. The molecular formula is C46H61N5O7. The zero-order valence-electron chi connectivity index (χ0n) is 35.0. The second-order valence-corrected chi connectivity index (χ2v) is 17.8. The summed E-state index contributed by atoms with van der Waals surface area (Å²) in [6.45, 7) is 9.18. The van der Waals surface area contributed by atoms with Crippen molar-refractivity contribution in [2.45, 2.75) is 96.8 Å².